The summed E-state index contributed by atoms with van der Waals surface area (Å²) in [7, 11) is 0. The average molecular weight is 330 g/mol. The van der Waals surface area contributed by atoms with Crippen molar-refractivity contribution in [1.82, 2.24) is 0 Å². The van der Waals surface area contributed by atoms with Crippen LogP contribution in [0.5, 0.6) is 11.5 Å². The van der Waals surface area contributed by atoms with Crippen molar-refractivity contribution in [3.05, 3.63) is 59.2 Å². The molecule has 0 amide bonds. The third kappa shape index (κ3) is 5.25. The van der Waals surface area contributed by atoms with E-state index in [1.54, 1.807) is 0 Å². The summed E-state index contributed by atoms with van der Waals surface area (Å²) in [6.45, 7) is 4.96. The normalized spacial score (nSPS) is 12.0. The zero-order chi connectivity index (χ0) is 17.4. The third-order valence-electron chi connectivity index (χ3n) is 3.74. The van der Waals surface area contributed by atoms with E-state index in [2.05, 4.69) is 12.1 Å². The number of rotatable bonds is 9. The van der Waals surface area contributed by atoms with E-state index >= 15 is 0 Å². The highest BCUT2D eigenvalue weighted by Gasteiger charge is 2.10. The number of aliphatic hydroxyl groups excluding tert-OH is 2. The molecule has 0 spiro atoms. The largest absolute Gasteiger partial charge is 0.494 e. The first-order chi connectivity index (χ1) is 11.7. The molecule has 4 heteroatoms. The first-order valence-corrected chi connectivity index (χ1v) is 8.41. The van der Waals surface area contributed by atoms with Crippen LogP contribution in [0.15, 0.2) is 42.5 Å². The van der Waals surface area contributed by atoms with Crippen LogP contribution in [0, 0.1) is 0 Å². The van der Waals surface area contributed by atoms with E-state index in [1.807, 2.05) is 44.2 Å². The summed E-state index contributed by atoms with van der Waals surface area (Å²) in [5.74, 6) is 1.72. The minimum Gasteiger partial charge on any atom is -0.494 e. The van der Waals surface area contributed by atoms with Gasteiger partial charge in [0.1, 0.15) is 11.5 Å². The Bertz CT molecular complexity index is 622. The van der Waals surface area contributed by atoms with Crippen molar-refractivity contribution in [1.29, 1.82) is 0 Å². The molecule has 0 saturated carbocycles. The van der Waals surface area contributed by atoms with Gasteiger partial charge in [-0.05, 0) is 48.7 Å². The quantitative estimate of drug-likeness (QED) is 0.742. The van der Waals surface area contributed by atoms with Crippen molar-refractivity contribution >= 4 is 0 Å². The minimum absolute atomic E-state index is 0.235. The molecule has 2 aromatic carbocycles. The zero-order valence-corrected chi connectivity index (χ0v) is 14.4. The highest BCUT2D eigenvalue weighted by molar-refractivity contribution is 5.41. The summed E-state index contributed by atoms with van der Waals surface area (Å²) in [6, 6.07) is 14.0. The summed E-state index contributed by atoms with van der Waals surface area (Å²) in [4.78, 5) is 0. The maximum atomic E-state index is 9.65. The Kier molecular flexibility index (Phi) is 7.09. The van der Waals surface area contributed by atoms with Gasteiger partial charge in [-0.3, -0.25) is 0 Å². The van der Waals surface area contributed by atoms with Gasteiger partial charge in [-0.15, -0.1) is 0 Å². The monoisotopic (exact) mass is 330 g/mol. The molecular weight excluding hydrogens is 304 g/mol. The molecule has 0 bridgehead atoms. The maximum absolute atomic E-state index is 9.65. The van der Waals surface area contributed by atoms with E-state index in [0.29, 0.717) is 19.6 Å². The van der Waals surface area contributed by atoms with Crippen LogP contribution in [0.25, 0.3) is 0 Å². The molecule has 2 aromatic rings. The van der Waals surface area contributed by atoms with Crippen molar-refractivity contribution in [2.45, 2.75) is 32.8 Å². The van der Waals surface area contributed by atoms with Crippen molar-refractivity contribution in [3.63, 3.8) is 0 Å². The lowest BCUT2D eigenvalue weighted by Gasteiger charge is -2.14. The first kappa shape index (κ1) is 18.3. The van der Waals surface area contributed by atoms with Crippen LogP contribution >= 0.6 is 0 Å². The van der Waals surface area contributed by atoms with E-state index in [0.717, 1.165) is 29.0 Å². The van der Waals surface area contributed by atoms with E-state index in [-0.39, 0.29) is 6.61 Å². The Morgan fingerprint density at radius 2 is 1.58 bits per heavy atom. The maximum Gasteiger partial charge on any atom is 0.122 e. The standard InChI is InChI=1S/C20H26O4/c1-3-23-19-8-5-15(6-9-19)11-17-12-16(13-18(22)14-21)7-10-20(17)24-4-2/h5-10,12,18,21-22H,3-4,11,13-14H2,1-2H3/t18-/m0/s1. The summed E-state index contributed by atoms with van der Waals surface area (Å²) in [5, 5.41) is 18.7. The Hall–Kier alpha value is -2.04. The summed E-state index contributed by atoms with van der Waals surface area (Å²) in [5.41, 5.74) is 3.23. The molecule has 24 heavy (non-hydrogen) atoms. The fraction of sp³-hybridized carbons (Fsp3) is 0.400. The Labute approximate surface area is 143 Å². The number of benzene rings is 2. The average Bonchev–Trinajstić information content (AvgIpc) is 2.59. The fourth-order valence-corrected chi connectivity index (χ4v) is 2.62. The van der Waals surface area contributed by atoms with E-state index in [4.69, 9.17) is 14.6 Å². The predicted molar refractivity (Wildman–Crippen MR) is 94.8 cm³/mol. The zero-order valence-electron chi connectivity index (χ0n) is 14.4. The highest BCUT2D eigenvalue weighted by Crippen LogP contribution is 2.25. The van der Waals surface area contributed by atoms with Gasteiger partial charge in [-0.25, -0.2) is 0 Å². The lowest BCUT2D eigenvalue weighted by Crippen LogP contribution is -2.15. The van der Waals surface area contributed by atoms with Crippen molar-refractivity contribution < 1.29 is 19.7 Å². The number of aliphatic hydroxyl groups is 2. The predicted octanol–water partition coefficient (Wildman–Crippen LogP) is 2.97. The second kappa shape index (κ2) is 9.30. The van der Waals surface area contributed by atoms with Crippen molar-refractivity contribution in [2.24, 2.45) is 0 Å². The number of hydrogen-bond acceptors (Lipinski definition) is 4. The summed E-state index contributed by atoms with van der Waals surface area (Å²) in [6.07, 6.45) is 0.436. The van der Waals surface area contributed by atoms with Gasteiger partial charge in [0.2, 0.25) is 0 Å². The molecule has 0 radical (unpaired) electrons. The summed E-state index contributed by atoms with van der Waals surface area (Å²) < 4.78 is 11.2. The van der Waals surface area contributed by atoms with E-state index in [1.165, 1.54) is 5.56 Å². The Morgan fingerprint density at radius 1 is 0.917 bits per heavy atom. The molecular formula is C20H26O4. The molecule has 4 nitrogen and oxygen atoms in total. The molecule has 0 aliphatic rings. The molecule has 0 saturated heterocycles. The number of hydrogen-bond donors (Lipinski definition) is 2. The molecule has 0 heterocycles. The van der Waals surface area contributed by atoms with Crippen LogP contribution in [0.1, 0.15) is 30.5 Å². The first-order valence-electron chi connectivity index (χ1n) is 8.41. The van der Waals surface area contributed by atoms with Gasteiger partial charge in [-0.1, -0.05) is 24.3 Å². The molecule has 0 aliphatic carbocycles. The van der Waals surface area contributed by atoms with E-state index < -0.39 is 6.10 Å². The van der Waals surface area contributed by atoms with Gasteiger partial charge in [0, 0.05) is 12.8 Å². The molecule has 0 unspecified atom stereocenters. The van der Waals surface area contributed by atoms with Gasteiger partial charge in [-0.2, -0.15) is 0 Å². The van der Waals surface area contributed by atoms with Gasteiger partial charge >= 0.3 is 0 Å². The molecule has 130 valence electrons. The van der Waals surface area contributed by atoms with Gasteiger partial charge in [0.25, 0.3) is 0 Å². The van der Waals surface area contributed by atoms with Crippen molar-refractivity contribution in [3.8, 4) is 11.5 Å². The minimum atomic E-state index is -0.735. The lowest BCUT2D eigenvalue weighted by molar-refractivity contribution is 0.0955. The second-order valence-corrected chi connectivity index (χ2v) is 5.67. The smallest absolute Gasteiger partial charge is 0.122 e. The third-order valence-corrected chi connectivity index (χ3v) is 3.74. The van der Waals surface area contributed by atoms with Crippen LogP contribution in [0.3, 0.4) is 0 Å². The number of ether oxygens (including phenoxy) is 2. The van der Waals surface area contributed by atoms with Crippen LogP contribution < -0.4 is 9.47 Å². The summed E-state index contributed by atoms with van der Waals surface area (Å²) >= 11 is 0. The molecule has 0 aromatic heterocycles. The van der Waals surface area contributed by atoms with Crippen LogP contribution in [0.2, 0.25) is 0 Å². The SMILES string of the molecule is CCOc1ccc(Cc2cc(C[C@H](O)CO)ccc2OCC)cc1. The lowest BCUT2D eigenvalue weighted by atomic mass is 9.99. The highest BCUT2D eigenvalue weighted by atomic mass is 16.5. The van der Waals surface area contributed by atoms with E-state index in [9.17, 15) is 5.11 Å². The fourth-order valence-electron chi connectivity index (χ4n) is 2.62. The Balaban J connectivity index is 2.19. The molecule has 2 N–H and O–H groups in total. The molecule has 2 rings (SSSR count). The van der Waals surface area contributed by atoms with Crippen LogP contribution in [-0.4, -0.2) is 36.1 Å². The molecule has 1 atom stereocenters. The van der Waals surface area contributed by atoms with Crippen LogP contribution in [-0.2, 0) is 12.8 Å². The van der Waals surface area contributed by atoms with Gasteiger partial charge in [0.05, 0.1) is 25.9 Å². The second-order valence-electron chi connectivity index (χ2n) is 5.67. The molecule has 0 fully saturated rings. The Morgan fingerprint density at radius 3 is 2.21 bits per heavy atom. The topological polar surface area (TPSA) is 58.9 Å². The van der Waals surface area contributed by atoms with Crippen molar-refractivity contribution in [2.75, 3.05) is 19.8 Å². The van der Waals surface area contributed by atoms with Gasteiger partial charge in [0.15, 0.2) is 0 Å². The molecule has 0 aliphatic heterocycles. The van der Waals surface area contributed by atoms with Gasteiger partial charge < -0.3 is 19.7 Å². The van der Waals surface area contributed by atoms with Crippen LogP contribution in [0.4, 0.5) is 0 Å².